The Morgan fingerprint density at radius 1 is 1.14 bits per heavy atom. The average Bonchev–Trinajstić information content (AvgIpc) is 3.14. The van der Waals surface area contributed by atoms with Crippen LogP contribution in [0, 0.1) is 10.8 Å². The molecule has 1 aliphatic rings. The van der Waals surface area contributed by atoms with Gasteiger partial charge in [-0.3, -0.25) is 14.3 Å². The molecule has 2 atom stereocenters. The summed E-state index contributed by atoms with van der Waals surface area (Å²) in [6.07, 6.45) is 8.58. The molecule has 0 unspecified atom stereocenters. The van der Waals surface area contributed by atoms with Crippen LogP contribution in [0.5, 0.6) is 0 Å². The Morgan fingerprint density at radius 3 is 2.59 bits per heavy atom. The normalized spacial score (nSPS) is 27.1. The minimum atomic E-state index is -0.609. The van der Waals surface area contributed by atoms with Gasteiger partial charge in [-0.2, -0.15) is 0 Å². The van der Waals surface area contributed by atoms with Crippen LogP contribution in [0.25, 0.3) is 0 Å². The summed E-state index contributed by atoms with van der Waals surface area (Å²) < 4.78 is 1.86. The van der Waals surface area contributed by atoms with Gasteiger partial charge in [-0.25, -0.2) is 0 Å². The van der Waals surface area contributed by atoms with E-state index in [0.717, 1.165) is 44.3 Å². The number of carbonyl (C=O) groups excluding carboxylic acids is 3. The molecule has 2 N–H and O–H groups in total. The molecule has 0 fully saturated rings. The quantitative estimate of drug-likeness (QED) is 0.808. The van der Waals surface area contributed by atoms with E-state index >= 15 is 0 Å². The molecule has 1 aromatic rings. The SMILES string of the molecule is CC(=O)CC[C@@]1(C)CCCCn2cc(nn2)CCC[C@@](C)(C(=O)CN)CCC1=O. The molecule has 2 rings (SSSR count). The van der Waals surface area contributed by atoms with E-state index in [1.54, 1.807) is 6.92 Å². The second kappa shape index (κ2) is 10.2. The van der Waals surface area contributed by atoms with Crippen molar-refractivity contribution in [1.29, 1.82) is 0 Å². The maximum absolute atomic E-state index is 13.2. The minimum Gasteiger partial charge on any atom is -0.324 e. The largest absolute Gasteiger partial charge is 0.324 e. The van der Waals surface area contributed by atoms with Crippen LogP contribution < -0.4 is 5.73 Å². The zero-order valence-electron chi connectivity index (χ0n) is 18.2. The van der Waals surface area contributed by atoms with Crippen LogP contribution >= 0.6 is 0 Å². The van der Waals surface area contributed by atoms with Crippen LogP contribution in [0.4, 0.5) is 0 Å². The molecular weight excluding hydrogens is 368 g/mol. The number of rotatable bonds is 5. The lowest BCUT2D eigenvalue weighted by molar-refractivity contribution is -0.131. The van der Waals surface area contributed by atoms with E-state index in [0.29, 0.717) is 32.1 Å². The van der Waals surface area contributed by atoms with Gasteiger partial charge in [-0.15, -0.1) is 5.10 Å². The molecule has 0 aliphatic carbocycles. The monoisotopic (exact) mass is 404 g/mol. The molecule has 0 radical (unpaired) electrons. The second-order valence-corrected chi connectivity index (χ2v) is 9.16. The lowest BCUT2D eigenvalue weighted by Gasteiger charge is -2.32. The van der Waals surface area contributed by atoms with E-state index in [-0.39, 0.29) is 23.9 Å². The number of fused-ring (bicyclic) bond motifs is 2. The zero-order valence-corrected chi connectivity index (χ0v) is 18.2. The van der Waals surface area contributed by atoms with Gasteiger partial charge in [-0.05, 0) is 51.9 Å². The fraction of sp³-hybridized carbons (Fsp3) is 0.773. The van der Waals surface area contributed by atoms with Crippen molar-refractivity contribution < 1.29 is 14.4 Å². The molecule has 0 saturated heterocycles. The summed E-state index contributed by atoms with van der Waals surface area (Å²) in [6, 6.07) is 0. The number of hydrogen-bond donors (Lipinski definition) is 1. The third-order valence-corrected chi connectivity index (χ3v) is 6.58. The highest BCUT2D eigenvalue weighted by Gasteiger charge is 2.36. The molecule has 2 bridgehead atoms. The summed E-state index contributed by atoms with van der Waals surface area (Å²) in [6.45, 7) is 6.23. The molecule has 1 aromatic heterocycles. The van der Waals surface area contributed by atoms with E-state index < -0.39 is 10.8 Å². The van der Waals surface area contributed by atoms with Gasteiger partial charge >= 0.3 is 0 Å². The summed E-state index contributed by atoms with van der Waals surface area (Å²) in [5.41, 5.74) is 5.47. The highest BCUT2D eigenvalue weighted by atomic mass is 16.1. The number of nitrogens with two attached hydrogens (primary N) is 1. The average molecular weight is 405 g/mol. The summed E-state index contributed by atoms with van der Waals surface area (Å²) in [7, 11) is 0. The molecule has 0 aromatic carbocycles. The number of Topliss-reactive ketones (excluding diaryl/α,β-unsaturated/α-hetero) is 3. The molecule has 7 heteroatoms. The topological polar surface area (TPSA) is 108 Å². The third-order valence-electron chi connectivity index (χ3n) is 6.58. The maximum Gasteiger partial charge on any atom is 0.152 e. The van der Waals surface area contributed by atoms with Gasteiger partial charge in [0.25, 0.3) is 0 Å². The number of nitrogens with zero attached hydrogens (tertiary/aromatic N) is 3. The summed E-state index contributed by atoms with van der Waals surface area (Å²) in [5, 5.41) is 8.43. The summed E-state index contributed by atoms with van der Waals surface area (Å²) in [5.74, 6) is 0.268. The van der Waals surface area contributed by atoms with Crippen molar-refractivity contribution in [3.63, 3.8) is 0 Å². The van der Waals surface area contributed by atoms with Crippen LogP contribution in [-0.2, 0) is 27.3 Å². The Balaban J connectivity index is 2.22. The number of ketones is 3. The van der Waals surface area contributed by atoms with Gasteiger partial charge in [0.05, 0.1) is 12.2 Å². The van der Waals surface area contributed by atoms with Gasteiger partial charge in [0.1, 0.15) is 11.6 Å². The smallest absolute Gasteiger partial charge is 0.152 e. The van der Waals surface area contributed by atoms with E-state index in [1.165, 1.54) is 0 Å². The lowest BCUT2D eigenvalue weighted by Crippen LogP contribution is -2.36. The molecule has 7 nitrogen and oxygen atoms in total. The molecule has 0 saturated carbocycles. The van der Waals surface area contributed by atoms with Crippen molar-refractivity contribution in [2.45, 2.75) is 91.5 Å². The van der Waals surface area contributed by atoms with E-state index in [9.17, 15) is 14.4 Å². The molecule has 2 heterocycles. The molecular formula is C22H36N4O3. The van der Waals surface area contributed by atoms with Gasteiger partial charge in [0.15, 0.2) is 5.78 Å². The van der Waals surface area contributed by atoms with E-state index in [2.05, 4.69) is 10.3 Å². The summed E-state index contributed by atoms with van der Waals surface area (Å²) >= 11 is 0. The van der Waals surface area contributed by atoms with E-state index in [4.69, 9.17) is 5.73 Å². The fourth-order valence-electron chi connectivity index (χ4n) is 4.21. The van der Waals surface area contributed by atoms with Crippen LogP contribution in [0.15, 0.2) is 6.20 Å². The Hall–Kier alpha value is -1.89. The lowest BCUT2D eigenvalue weighted by atomic mass is 9.71. The number of carbonyl (C=O) groups is 3. The number of aromatic nitrogens is 3. The second-order valence-electron chi connectivity index (χ2n) is 9.16. The highest BCUT2D eigenvalue weighted by Crippen LogP contribution is 2.37. The van der Waals surface area contributed by atoms with Gasteiger partial charge in [0, 0.05) is 36.4 Å². The first kappa shape index (κ1) is 23.4. The number of hydrogen-bond acceptors (Lipinski definition) is 6. The van der Waals surface area contributed by atoms with E-state index in [1.807, 2.05) is 24.7 Å². The van der Waals surface area contributed by atoms with Crippen LogP contribution in [-0.4, -0.2) is 38.9 Å². The molecule has 0 amide bonds. The molecule has 29 heavy (non-hydrogen) atoms. The molecule has 162 valence electrons. The predicted octanol–water partition coefficient (Wildman–Crippen LogP) is 3.04. The van der Waals surface area contributed by atoms with Crippen molar-refractivity contribution in [2.75, 3.05) is 6.54 Å². The standard InChI is InChI=1S/C22H36N4O3/c1-17(27)8-12-21(2)10-4-5-14-26-16-18(24-25-26)7-6-11-22(3,20(29)15-23)13-9-19(21)28/h16H,4-15,23H2,1-3H3/t21-,22-/m1/s1. The summed E-state index contributed by atoms with van der Waals surface area (Å²) in [4.78, 5) is 37.3. The van der Waals surface area contributed by atoms with Crippen molar-refractivity contribution in [3.8, 4) is 0 Å². The zero-order chi connectivity index (χ0) is 21.5. The third kappa shape index (κ3) is 6.56. The van der Waals surface area contributed by atoms with Gasteiger partial charge < -0.3 is 10.5 Å². The van der Waals surface area contributed by atoms with Crippen molar-refractivity contribution in [2.24, 2.45) is 16.6 Å². The highest BCUT2D eigenvalue weighted by molar-refractivity contribution is 5.88. The Kier molecular flexibility index (Phi) is 8.25. The minimum absolute atomic E-state index is 0.00343. The van der Waals surface area contributed by atoms with Crippen LogP contribution in [0.2, 0.25) is 0 Å². The Labute approximate surface area is 173 Å². The first-order valence-corrected chi connectivity index (χ1v) is 10.8. The molecule has 1 aliphatic heterocycles. The number of aryl methyl sites for hydroxylation is 2. The van der Waals surface area contributed by atoms with Crippen LogP contribution in [0.3, 0.4) is 0 Å². The van der Waals surface area contributed by atoms with Crippen molar-refractivity contribution >= 4 is 17.3 Å². The molecule has 0 spiro atoms. The van der Waals surface area contributed by atoms with Crippen LogP contribution in [0.1, 0.15) is 84.3 Å². The first-order valence-electron chi connectivity index (χ1n) is 10.8. The van der Waals surface area contributed by atoms with Gasteiger partial charge in [0.2, 0.25) is 0 Å². The van der Waals surface area contributed by atoms with Gasteiger partial charge in [-0.1, -0.05) is 25.5 Å². The first-order chi connectivity index (χ1) is 13.7. The van der Waals surface area contributed by atoms with Crippen molar-refractivity contribution in [1.82, 2.24) is 15.0 Å². The van der Waals surface area contributed by atoms with Crippen molar-refractivity contribution in [3.05, 3.63) is 11.9 Å². The Morgan fingerprint density at radius 2 is 1.90 bits per heavy atom. The predicted molar refractivity (Wildman–Crippen MR) is 111 cm³/mol. The maximum atomic E-state index is 13.2. The fourth-order valence-corrected chi connectivity index (χ4v) is 4.21. The Bertz CT molecular complexity index is 729.